The topological polar surface area (TPSA) is 0 Å². The van der Waals surface area contributed by atoms with Gasteiger partial charge in [0, 0.05) is 0 Å². The molecule has 0 aromatic rings. The fraction of sp³-hybridized carbons (Fsp3) is 0.824. The van der Waals surface area contributed by atoms with Crippen molar-refractivity contribution in [3.05, 3.63) is 19.1 Å². The van der Waals surface area contributed by atoms with E-state index in [1.54, 1.807) is 0 Å². The summed E-state index contributed by atoms with van der Waals surface area (Å²) >= 11 is 0. The van der Waals surface area contributed by atoms with Crippen molar-refractivity contribution in [2.75, 3.05) is 0 Å². The fourth-order valence-corrected chi connectivity index (χ4v) is 3.75. The summed E-state index contributed by atoms with van der Waals surface area (Å²) in [7, 11) is 0. The van der Waals surface area contributed by atoms with E-state index < -0.39 is 0 Å². The number of hydrogen-bond donors (Lipinski definition) is 0. The van der Waals surface area contributed by atoms with Gasteiger partial charge in [-0.15, -0.1) is 6.58 Å². The minimum absolute atomic E-state index is 0.966. The lowest BCUT2D eigenvalue weighted by Crippen LogP contribution is -2.16. The molecular weight excluding hydrogens is 204 g/mol. The van der Waals surface area contributed by atoms with Crippen LogP contribution < -0.4 is 0 Å². The molecule has 0 N–H and O–H groups in total. The second kappa shape index (κ2) is 7.24. The van der Waals surface area contributed by atoms with Crippen LogP contribution in [0.3, 0.4) is 0 Å². The van der Waals surface area contributed by atoms with Crippen molar-refractivity contribution >= 4 is 0 Å². The highest BCUT2D eigenvalue weighted by atomic mass is 14.3. The molecule has 0 bridgehead atoms. The standard InChI is InChI=1S/C17H29/c1-2-6-15-9-12-17(13-10-15)14-11-16-7-4-3-5-8-16/h2-3,15-17H,1,4-14H2/t15-,17-. The maximum absolute atomic E-state index is 3.87. The van der Waals surface area contributed by atoms with Crippen molar-refractivity contribution in [1.82, 2.24) is 0 Å². The van der Waals surface area contributed by atoms with Gasteiger partial charge >= 0.3 is 0 Å². The van der Waals surface area contributed by atoms with Crippen molar-refractivity contribution < 1.29 is 0 Å². The molecule has 2 aliphatic carbocycles. The minimum Gasteiger partial charge on any atom is -0.103 e. The van der Waals surface area contributed by atoms with Gasteiger partial charge in [-0.25, -0.2) is 0 Å². The van der Waals surface area contributed by atoms with Crippen molar-refractivity contribution in [1.29, 1.82) is 0 Å². The summed E-state index contributed by atoms with van der Waals surface area (Å²) in [6.07, 6.45) is 20.5. The molecule has 2 saturated carbocycles. The minimum atomic E-state index is 0.966. The first-order valence-corrected chi connectivity index (χ1v) is 7.81. The highest BCUT2D eigenvalue weighted by Gasteiger charge is 2.21. The van der Waals surface area contributed by atoms with Gasteiger partial charge in [0.1, 0.15) is 0 Å². The van der Waals surface area contributed by atoms with Crippen LogP contribution in [-0.2, 0) is 0 Å². The normalized spacial score (nSPS) is 31.3. The Kier molecular flexibility index (Phi) is 5.61. The molecule has 0 saturated heterocycles. The molecule has 17 heavy (non-hydrogen) atoms. The van der Waals surface area contributed by atoms with E-state index in [1.165, 1.54) is 70.6 Å². The Labute approximate surface area is 108 Å². The summed E-state index contributed by atoms with van der Waals surface area (Å²) in [4.78, 5) is 0. The molecule has 0 spiro atoms. The Morgan fingerprint density at radius 2 is 1.35 bits per heavy atom. The van der Waals surface area contributed by atoms with E-state index >= 15 is 0 Å². The van der Waals surface area contributed by atoms with E-state index in [2.05, 4.69) is 19.1 Å². The smallest absolute Gasteiger partial charge is 0.0325 e. The quantitative estimate of drug-likeness (QED) is 0.547. The summed E-state index contributed by atoms with van der Waals surface area (Å²) in [5.74, 6) is 3.08. The largest absolute Gasteiger partial charge is 0.103 e. The van der Waals surface area contributed by atoms with Gasteiger partial charge in [0.05, 0.1) is 0 Å². The predicted molar refractivity (Wildman–Crippen MR) is 75.8 cm³/mol. The SMILES string of the molecule is C=CC[C@H]1CC[C@H](CCC2CC[CH]CC2)CC1. The molecule has 1 radical (unpaired) electrons. The van der Waals surface area contributed by atoms with Gasteiger partial charge < -0.3 is 0 Å². The molecule has 0 heterocycles. The van der Waals surface area contributed by atoms with Gasteiger partial charge in [-0.3, -0.25) is 0 Å². The second-order valence-corrected chi connectivity index (χ2v) is 6.30. The van der Waals surface area contributed by atoms with Crippen molar-refractivity contribution in [3.63, 3.8) is 0 Å². The molecule has 0 heteroatoms. The third kappa shape index (κ3) is 4.48. The molecule has 2 fully saturated rings. The molecule has 0 unspecified atom stereocenters. The van der Waals surface area contributed by atoms with Gasteiger partial charge in [0.2, 0.25) is 0 Å². The molecule has 0 aromatic heterocycles. The summed E-state index contributed by atoms with van der Waals surface area (Å²) < 4.78 is 0. The lowest BCUT2D eigenvalue weighted by Gasteiger charge is -2.29. The van der Waals surface area contributed by atoms with Crippen molar-refractivity contribution in [2.45, 2.75) is 70.6 Å². The van der Waals surface area contributed by atoms with Crippen LogP contribution in [0.4, 0.5) is 0 Å². The summed E-state index contributed by atoms with van der Waals surface area (Å²) in [5, 5.41) is 0. The van der Waals surface area contributed by atoms with Gasteiger partial charge in [-0.1, -0.05) is 44.6 Å². The maximum Gasteiger partial charge on any atom is -0.0325 e. The van der Waals surface area contributed by atoms with Crippen molar-refractivity contribution in [2.24, 2.45) is 17.8 Å². The van der Waals surface area contributed by atoms with Crippen molar-refractivity contribution in [3.8, 4) is 0 Å². The van der Waals surface area contributed by atoms with E-state index in [1.807, 2.05) is 0 Å². The van der Waals surface area contributed by atoms with Crippen LogP contribution >= 0.6 is 0 Å². The highest BCUT2D eigenvalue weighted by Crippen LogP contribution is 2.36. The van der Waals surface area contributed by atoms with E-state index in [-0.39, 0.29) is 0 Å². The Hall–Kier alpha value is -0.260. The van der Waals surface area contributed by atoms with Crippen LogP contribution in [0, 0.1) is 24.2 Å². The van der Waals surface area contributed by atoms with Crippen LogP contribution in [0.15, 0.2) is 12.7 Å². The molecule has 0 amide bonds. The maximum atomic E-state index is 3.87. The van der Waals surface area contributed by atoms with Crippen LogP contribution in [0.25, 0.3) is 0 Å². The molecule has 0 atom stereocenters. The number of allylic oxidation sites excluding steroid dienone is 1. The Morgan fingerprint density at radius 3 is 1.94 bits per heavy atom. The Bertz CT molecular complexity index is 204. The van der Waals surface area contributed by atoms with Crippen LogP contribution in [0.5, 0.6) is 0 Å². The molecular formula is C17H29. The van der Waals surface area contributed by atoms with E-state index in [0.717, 1.165) is 17.8 Å². The Morgan fingerprint density at radius 1 is 0.824 bits per heavy atom. The molecule has 0 nitrogen and oxygen atoms in total. The molecule has 97 valence electrons. The first-order chi connectivity index (χ1) is 8.38. The monoisotopic (exact) mass is 233 g/mol. The third-order valence-electron chi connectivity index (χ3n) is 5.01. The van der Waals surface area contributed by atoms with Crippen LogP contribution in [0.2, 0.25) is 0 Å². The fourth-order valence-electron chi connectivity index (χ4n) is 3.75. The van der Waals surface area contributed by atoms with Gasteiger partial charge in [-0.05, 0) is 56.3 Å². The average molecular weight is 233 g/mol. The lowest BCUT2D eigenvalue weighted by atomic mass is 9.76. The predicted octanol–water partition coefficient (Wildman–Crippen LogP) is 5.54. The number of rotatable bonds is 5. The molecule has 2 rings (SSSR count). The summed E-state index contributed by atoms with van der Waals surface area (Å²) in [6, 6.07) is 0. The molecule has 0 aromatic carbocycles. The zero-order valence-electron chi connectivity index (χ0n) is 11.4. The van der Waals surface area contributed by atoms with Gasteiger partial charge in [0.15, 0.2) is 0 Å². The number of hydrogen-bond acceptors (Lipinski definition) is 0. The molecule has 0 aliphatic heterocycles. The van der Waals surface area contributed by atoms with Crippen LogP contribution in [0.1, 0.15) is 70.6 Å². The zero-order chi connectivity index (χ0) is 11.9. The van der Waals surface area contributed by atoms with Gasteiger partial charge in [0.25, 0.3) is 0 Å². The third-order valence-corrected chi connectivity index (χ3v) is 5.01. The van der Waals surface area contributed by atoms with E-state index in [4.69, 9.17) is 0 Å². The summed E-state index contributed by atoms with van der Waals surface area (Å²) in [6.45, 7) is 3.87. The highest BCUT2D eigenvalue weighted by molar-refractivity contribution is 4.81. The summed E-state index contributed by atoms with van der Waals surface area (Å²) in [5.41, 5.74) is 0. The first-order valence-electron chi connectivity index (χ1n) is 7.81. The molecule has 2 aliphatic rings. The van der Waals surface area contributed by atoms with E-state index in [9.17, 15) is 0 Å². The van der Waals surface area contributed by atoms with Crippen LogP contribution in [-0.4, -0.2) is 0 Å². The first kappa shape index (κ1) is 13.2. The lowest BCUT2D eigenvalue weighted by molar-refractivity contribution is 0.241. The second-order valence-electron chi connectivity index (χ2n) is 6.30. The van der Waals surface area contributed by atoms with E-state index in [0.29, 0.717) is 0 Å². The average Bonchev–Trinajstić information content (AvgIpc) is 2.40. The van der Waals surface area contributed by atoms with Gasteiger partial charge in [-0.2, -0.15) is 0 Å². The Balaban J connectivity index is 1.59. The zero-order valence-corrected chi connectivity index (χ0v) is 11.4.